The van der Waals surface area contributed by atoms with Gasteiger partial charge in [-0.15, -0.1) is 0 Å². The Balaban J connectivity index is 3.34. The van der Waals surface area contributed by atoms with Gasteiger partial charge in [0, 0.05) is 13.1 Å². The van der Waals surface area contributed by atoms with Crippen LogP contribution in [-0.4, -0.2) is 59.5 Å². The third-order valence-electron chi connectivity index (χ3n) is 5.67. The first kappa shape index (κ1) is 31.8. The van der Waals surface area contributed by atoms with Gasteiger partial charge in [0.2, 0.25) is 11.8 Å². The Labute approximate surface area is 222 Å². The van der Waals surface area contributed by atoms with Crippen LogP contribution in [0.25, 0.3) is 0 Å². The first-order valence-corrected chi connectivity index (χ1v) is 14.6. The van der Waals surface area contributed by atoms with E-state index in [1.807, 2.05) is 37.4 Å². The molecule has 2 unspecified atom stereocenters. The number of unbranched alkanes of at least 4 members (excludes halogenated alkanes) is 3. The van der Waals surface area contributed by atoms with E-state index in [-0.39, 0.29) is 11.8 Å². The molecule has 1 rings (SSSR count). The van der Waals surface area contributed by atoms with Gasteiger partial charge in [-0.3, -0.25) is 9.59 Å². The smallest absolute Gasteiger partial charge is 0.408 e. The highest BCUT2D eigenvalue weighted by Crippen LogP contribution is 2.25. The molecule has 0 spiro atoms. The summed E-state index contributed by atoms with van der Waals surface area (Å²) in [6.07, 6.45) is 6.38. The minimum atomic E-state index is -0.787. The van der Waals surface area contributed by atoms with Gasteiger partial charge in [-0.2, -0.15) is 11.8 Å². The van der Waals surface area contributed by atoms with Crippen molar-refractivity contribution in [3.8, 4) is 0 Å². The fourth-order valence-electron chi connectivity index (χ4n) is 3.74. The number of aryl methyl sites for hydroxylation is 1. The molecule has 36 heavy (non-hydrogen) atoms. The number of amides is 3. The van der Waals surface area contributed by atoms with Gasteiger partial charge in [-0.25, -0.2) is 4.79 Å². The molecule has 0 aliphatic rings. The first-order chi connectivity index (χ1) is 17.0. The summed E-state index contributed by atoms with van der Waals surface area (Å²) in [5, 5.41) is 5.83. The van der Waals surface area contributed by atoms with Crippen LogP contribution in [-0.2, 0) is 14.3 Å². The summed E-state index contributed by atoms with van der Waals surface area (Å²) >= 11 is 1.60. The Morgan fingerprint density at radius 1 is 1.03 bits per heavy atom. The van der Waals surface area contributed by atoms with Gasteiger partial charge in [0.15, 0.2) is 0 Å². The normalized spacial score (nSPS) is 13.0. The van der Waals surface area contributed by atoms with Gasteiger partial charge in [-0.05, 0) is 64.5 Å². The molecule has 2 atom stereocenters. The molecule has 0 saturated heterocycles. The van der Waals surface area contributed by atoms with Gasteiger partial charge in [0.25, 0.3) is 0 Å². The number of carbonyl (C=O) groups excluding carboxylic acids is 3. The molecular formula is C28H47N3O4S. The largest absolute Gasteiger partial charge is 0.444 e. The maximum Gasteiger partial charge on any atom is 0.408 e. The Bertz CT molecular complexity index is 808. The lowest BCUT2D eigenvalue weighted by Crippen LogP contribution is -2.53. The van der Waals surface area contributed by atoms with E-state index < -0.39 is 23.8 Å². The molecule has 0 saturated carbocycles. The number of alkyl carbamates (subject to hydrolysis) is 1. The number of thioether (sulfide) groups is 1. The van der Waals surface area contributed by atoms with Crippen molar-refractivity contribution in [1.82, 2.24) is 15.5 Å². The molecule has 7 nitrogen and oxygen atoms in total. The number of hydrogen-bond acceptors (Lipinski definition) is 5. The van der Waals surface area contributed by atoms with Crippen LogP contribution in [0.15, 0.2) is 24.3 Å². The molecule has 0 heterocycles. The zero-order valence-electron chi connectivity index (χ0n) is 23.3. The van der Waals surface area contributed by atoms with Crippen molar-refractivity contribution in [3.63, 3.8) is 0 Å². The number of benzene rings is 1. The molecule has 0 bridgehead atoms. The summed E-state index contributed by atoms with van der Waals surface area (Å²) < 4.78 is 5.43. The summed E-state index contributed by atoms with van der Waals surface area (Å²) in [5.41, 5.74) is 1.16. The number of nitrogens with one attached hydrogen (secondary N) is 2. The average Bonchev–Trinajstić information content (AvgIpc) is 2.81. The predicted octanol–water partition coefficient (Wildman–Crippen LogP) is 5.62. The van der Waals surface area contributed by atoms with Gasteiger partial charge in [-0.1, -0.05) is 62.9 Å². The molecule has 204 valence electrons. The molecule has 1 aromatic rings. The van der Waals surface area contributed by atoms with Crippen molar-refractivity contribution in [2.75, 3.05) is 25.1 Å². The zero-order valence-corrected chi connectivity index (χ0v) is 24.1. The van der Waals surface area contributed by atoms with Crippen molar-refractivity contribution >= 4 is 29.7 Å². The lowest BCUT2D eigenvalue weighted by atomic mass is 10.0. The number of hydrogen-bond donors (Lipinski definition) is 2. The zero-order chi connectivity index (χ0) is 27.1. The third kappa shape index (κ3) is 11.7. The van der Waals surface area contributed by atoms with Gasteiger partial charge < -0.3 is 20.3 Å². The van der Waals surface area contributed by atoms with Crippen molar-refractivity contribution in [2.45, 2.75) is 97.8 Å². The second-order valence-electron chi connectivity index (χ2n) is 10.2. The molecule has 0 aromatic heterocycles. The fraction of sp³-hybridized carbons (Fsp3) is 0.679. The van der Waals surface area contributed by atoms with E-state index in [0.29, 0.717) is 25.3 Å². The number of carbonyl (C=O) groups is 3. The van der Waals surface area contributed by atoms with E-state index in [0.717, 1.165) is 43.2 Å². The van der Waals surface area contributed by atoms with Crippen LogP contribution in [0.4, 0.5) is 4.79 Å². The molecule has 0 aliphatic heterocycles. The SMILES string of the molecule is CCCCCNC(=O)C(c1ccc(C)cc1)N(CCCC)C(=O)C(CCSC)NC(=O)OC(C)(C)C. The van der Waals surface area contributed by atoms with Crippen molar-refractivity contribution in [3.05, 3.63) is 35.4 Å². The Morgan fingerprint density at radius 3 is 2.22 bits per heavy atom. The number of rotatable bonds is 15. The molecule has 0 radical (unpaired) electrons. The predicted molar refractivity (Wildman–Crippen MR) is 149 cm³/mol. The number of ether oxygens (including phenoxy) is 1. The highest BCUT2D eigenvalue weighted by Gasteiger charge is 2.35. The van der Waals surface area contributed by atoms with E-state index in [2.05, 4.69) is 24.5 Å². The highest BCUT2D eigenvalue weighted by molar-refractivity contribution is 7.98. The van der Waals surface area contributed by atoms with E-state index in [9.17, 15) is 14.4 Å². The standard InChI is InChI=1S/C28H47N3O4S/c1-8-10-12-18-29-25(32)24(22-15-13-21(3)14-16-22)31(19-11-9-2)26(33)23(17-20-36-7)30-27(34)35-28(4,5)6/h13-16,23-24H,8-12,17-20H2,1-7H3,(H,29,32)(H,30,34). The van der Waals surface area contributed by atoms with E-state index >= 15 is 0 Å². The monoisotopic (exact) mass is 521 g/mol. The molecule has 1 aromatic carbocycles. The maximum absolute atomic E-state index is 14.0. The summed E-state index contributed by atoms with van der Waals surface area (Å²) in [5.74, 6) is 0.226. The first-order valence-electron chi connectivity index (χ1n) is 13.2. The highest BCUT2D eigenvalue weighted by atomic mass is 32.2. The lowest BCUT2D eigenvalue weighted by Gasteiger charge is -2.34. The minimum absolute atomic E-state index is 0.194. The van der Waals surface area contributed by atoms with Gasteiger partial charge >= 0.3 is 6.09 Å². The van der Waals surface area contributed by atoms with Crippen LogP contribution in [0.2, 0.25) is 0 Å². The topological polar surface area (TPSA) is 87.7 Å². The molecule has 0 aliphatic carbocycles. The van der Waals surface area contributed by atoms with E-state index in [1.54, 1.807) is 37.4 Å². The molecule has 3 amide bonds. The second kappa shape index (κ2) is 16.5. The molecule has 0 fully saturated rings. The molecule has 2 N–H and O–H groups in total. The van der Waals surface area contributed by atoms with Gasteiger partial charge in [0.05, 0.1) is 0 Å². The van der Waals surface area contributed by atoms with Gasteiger partial charge in [0.1, 0.15) is 17.7 Å². The minimum Gasteiger partial charge on any atom is -0.444 e. The van der Waals surface area contributed by atoms with Crippen molar-refractivity contribution < 1.29 is 19.1 Å². The van der Waals surface area contributed by atoms with Crippen LogP contribution >= 0.6 is 11.8 Å². The van der Waals surface area contributed by atoms with E-state index in [1.165, 1.54) is 0 Å². The van der Waals surface area contributed by atoms with Crippen molar-refractivity contribution in [2.24, 2.45) is 0 Å². The Morgan fingerprint density at radius 2 is 1.67 bits per heavy atom. The van der Waals surface area contributed by atoms with Crippen LogP contribution < -0.4 is 10.6 Å². The fourth-order valence-corrected chi connectivity index (χ4v) is 4.21. The summed E-state index contributed by atoms with van der Waals surface area (Å²) in [6, 6.07) is 6.18. The van der Waals surface area contributed by atoms with Crippen LogP contribution in [0, 0.1) is 6.92 Å². The quantitative estimate of drug-likeness (QED) is 0.293. The molecular weight excluding hydrogens is 474 g/mol. The lowest BCUT2D eigenvalue weighted by molar-refractivity contribution is -0.142. The maximum atomic E-state index is 14.0. The van der Waals surface area contributed by atoms with Crippen LogP contribution in [0.1, 0.15) is 90.3 Å². The van der Waals surface area contributed by atoms with Crippen molar-refractivity contribution in [1.29, 1.82) is 0 Å². The summed E-state index contributed by atoms with van der Waals surface area (Å²) in [4.78, 5) is 41.8. The Kier molecular flexibility index (Phi) is 14.6. The van der Waals surface area contributed by atoms with E-state index in [4.69, 9.17) is 4.74 Å². The number of nitrogens with zero attached hydrogens (tertiary/aromatic N) is 1. The summed E-state index contributed by atoms with van der Waals surface area (Å²) in [7, 11) is 0. The molecule has 8 heteroatoms. The summed E-state index contributed by atoms with van der Waals surface area (Å²) in [6.45, 7) is 12.5. The van der Waals surface area contributed by atoms with Crippen LogP contribution in [0.5, 0.6) is 0 Å². The average molecular weight is 522 g/mol. The Hall–Kier alpha value is -2.22. The second-order valence-corrected chi connectivity index (χ2v) is 11.2. The van der Waals surface area contributed by atoms with Crippen LogP contribution in [0.3, 0.4) is 0 Å². The third-order valence-corrected chi connectivity index (χ3v) is 6.31.